The number of carbonyl (C=O) groups excluding carboxylic acids is 1. The predicted molar refractivity (Wildman–Crippen MR) is 90.1 cm³/mol. The molecule has 0 radical (unpaired) electrons. The number of benzene rings is 1. The van der Waals surface area contributed by atoms with E-state index in [1.54, 1.807) is 6.07 Å². The SMILES string of the molecule is Cc1cc(F)ccc1NC1CCCC1CNC(=O)OC(C)(C)C. The minimum Gasteiger partial charge on any atom is -0.444 e. The van der Waals surface area contributed by atoms with Crippen LogP contribution in [-0.4, -0.2) is 24.3 Å². The number of hydrogen-bond donors (Lipinski definition) is 2. The van der Waals surface area contributed by atoms with Crippen molar-refractivity contribution in [1.29, 1.82) is 0 Å². The Bertz CT molecular complexity index is 554. The van der Waals surface area contributed by atoms with Crippen LogP contribution in [-0.2, 0) is 4.74 Å². The number of halogens is 1. The van der Waals surface area contributed by atoms with Crippen molar-refractivity contribution in [1.82, 2.24) is 5.32 Å². The lowest BCUT2D eigenvalue weighted by Gasteiger charge is -2.25. The smallest absolute Gasteiger partial charge is 0.407 e. The number of alkyl carbamates (subject to hydrolysis) is 1. The number of carbonyl (C=O) groups is 1. The summed E-state index contributed by atoms with van der Waals surface area (Å²) in [7, 11) is 0. The molecule has 2 rings (SSSR count). The molecule has 1 aliphatic rings. The first-order valence-electron chi connectivity index (χ1n) is 8.24. The van der Waals surface area contributed by atoms with E-state index in [9.17, 15) is 9.18 Å². The molecule has 2 N–H and O–H groups in total. The summed E-state index contributed by atoms with van der Waals surface area (Å²) in [5.74, 6) is 0.134. The third kappa shape index (κ3) is 5.41. The fourth-order valence-electron chi connectivity index (χ4n) is 2.99. The summed E-state index contributed by atoms with van der Waals surface area (Å²) in [6, 6.07) is 5.07. The van der Waals surface area contributed by atoms with Crippen molar-refractivity contribution in [2.75, 3.05) is 11.9 Å². The molecule has 1 amide bonds. The Labute approximate surface area is 137 Å². The lowest BCUT2D eigenvalue weighted by atomic mass is 10.0. The number of anilines is 1. The van der Waals surface area contributed by atoms with Crippen LogP contribution in [0, 0.1) is 18.7 Å². The van der Waals surface area contributed by atoms with E-state index in [0.29, 0.717) is 12.5 Å². The fraction of sp³-hybridized carbons (Fsp3) is 0.611. The second kappa shape index (κ2) is 7.20. The monoisotopic (exact) mass is 322 g/mol. The Balaban J connectivity index is 1.89. The Morgan fingerprint density at radius 2 is 2.09 bits per heavy atom. The molecular weight excluding hydrogens is 295 g/mol. The number of rotatable bonds is 4. The van der Waals surface area contributed by atoms with Gasteiger partial charge in [0.25, 0.3) is 0 Å². The first-order valence-corrected chi connectivity index (χ1v) is 8.24. The molecule has 0 aromatic heterocycles. The lowest BCUT2D eigenvalue weighted by Crippen LogP contribution is -2.38. The van der Waals surface area contributed by atoms with Crippen molar-refractivity contribution in [2.45, 2.75) is 58.6 Å². The van der Waals surface area contributed by atoms with Crippen molar-refractivity contribution < 1.29 is 13.9 Å². The molecule has 1 fully saturated rings. The molecule has 1 aliphatic carbocycles. The highest BCUT2D eigenvalue weighted by atomic mass is 19.1. The van der Waals surface area contributed by atoms with E-state index < -0.39 is 5.60 Å². The number of amides is 1. The zero-order valence-electron chi connectivity index (χ0n) is 14.4. The molecule has 0 heterocycles. The Morgan fingerprint density at radius 3 is 2.74 bits per heavy atom. The van der Waals surface area contributed by atoms with E-state index in [1.165, 1.54) is 12.1 Å². The van der Waals surface area contributed by atoms with Gasteiger partial charge in [-0.25, -0.2) is 9.18 Å². The summed E-state index contributed by atoms with van der Waals surface area (Å²) >= 11 is 0. The highest BCUT2D eigenvalue weighted by Crippen LogP contribution is 2.29. The number of ether oxygens (including phenoxy) is 1. The van der Waals surface area contributed by atoms with Gasteiger partial charge in [0.15, 0.2) is 0 Å². The van der Waals surface area contributed by atoms with Crippen LogP contribution >= 0.6 is 0 Å². The molecule has 23 heavy (non-hydrogen) atoms. The van der Waals surface area contributed by atoms with Crippen LogP contribution in [0.2, 0.25) is 0 Å². The van der Waals surface area contributed by atoms with Crippen LogP contribution < -0.4 is 10.6 Å². The summed E-state index contributed by atoms with van der Waals surface area (Å²) in [6.07, 6.45) is 2.87. The maximum atomic E-state index is 13.2. The molecule has 1 aromatic rings. The fourth-order valence-corrected chi connectivity index (χ4v) is 2.99. The van der Waals surface area contributed by atoms with Gasteiger partial charge in [-0.3, -0.25) is 0 Å². The lowest BCUT2D eigenvalue weighted by molar-refractivity contribution is 0.0519. The second-order valence-corrected chi connectivity index (χ2v) is 7.28. The average Bonchev–Trinajstić information content (AvgIpc) is 2.85. The molecule has 128 valence electrons. The third-order valence-corrected chi connectivity index (χ3v) is 4.10. The van der Waals surface area contributed by atoms with E-state index >= 15 is 0 Å². The first-order chi connectivity index (χ1) is 10.7. The summed E-state index contributed by atoms with van der Waals surface area (Å²) in [4.78, 5) is 11.8. The van der Waals surface area contributed by atoms with Gasteiger partial charge in [-0.05, 0) is 70.2 Å². The Hall–Kier alpha value is -1.78. The molecular formula is C18H27FN2O2. The molecule has 5 heteroatoms. The minimum absolute atomic E-state index is 0.220. The van der Waals surface area contributed by atoms with Crippen LogP contribution in [0.3, 0.4) is 0 Å². The van der Waals surface area contributed by atoms with E-state index in [4.69, 9.17) is 4.74 Å². The zero-order valence-corrected chi connectivity index (χ0v) is 14.4. The van der Waals surface area contributed by atoms with Crippen molar-refractivity contribution in [3.63, 3.8) is 0 Å². The predicted octanol–water partition coefficient (Wildman–Crippen LogP) is 4.24. The summed E-state index contributed by atoms with van der Waals surface area (Å²) in [5, 5.41) is 6.36. The molecule has 0 saturated heterocycles. The number of aryl methyl sites for hydroxylation is 1. The van der Waals surface area contributed by atoms with Gasteiger partial charge < -0.3 is 15.4 Å². The standard InChI is InChI=1S/C18H27FN2O2/c1-12-10-14(19)8-9-15(12)21-16-7-5-6-13(16)11-20-17(22)23-18(2,3)4/h8-10,13,16,21H,5-7,11H2,1-4H3,(H,20,22). The molecule has 0 bridgehead atoms. The van der Waals surface area contributed by atoms with E-state index in [1.807, 2.05) is 27.7 Å². The Kier molecular flexibility index (Phi) is 5.50. The molecule has 2 atom stereocenters. The maximum Gasteiger partial charge on any atom is 0.407 e. The van der Waals surface area contributed by atoms with Crippen LogP contribution in [0.4, 0.5) is 14.9 Å². The quantitative estimate of drug-likeness (QED) is 0.872. The molecule has 4 nitrogen and oxygen atoms in total. The van der Waals surface area contributed by atoms with Gasteiger partial charge >= 0.3 is 6.09 Å². The third-order valence-electron chi connectivity index (χ3n) is 4.10. The molecule has 1 saturated carbocycles. The highest BCUT2D eigenvalue weighted by Gasteiger charge is 2.28. The van der Waals surface area contributed by atoms with E-state index in [-0.39, 0.29) is 18.0 Å². The van der Waals surface area contributed by atoms with Crippen molar-refractivity contribution in [3.05, 3.63) is 29.6 Å². The van der Waals surface area contributed by atoms with Crippen molar-refractivity contribution in [2.24, 2.45) is 5.92 Å². The van der Waals surface area contributed by atoms with Crippen molar-refractivity contribution >= 4 is 11.8 Å². The molecule has 2 unspecified atom stereocenters. The topological polar surface area (TPSA) is 50.4 Å². The van der Waals surface area contributed by atoms with Gasteiger partial charge in [-0.2, -0.15) is 0 Å². The minimum atomic E-state index is -0.483. The molecule has 1 aromatic carbocycles. The largest absolute Gasteiger partial charge is 0.444 e. The molecule has 0 spiro atoms. The van der Waals surface area contributed by atoms with Crippen LogP contribution in [0.1, 0.15) is 45.6 Å². The number of nitrogens with one attached hydrogen (secondary N) is 2. The molecule has 0 aliphatic heterocycles. The van der Waals surface area contributed by atoms with Gasteiger partial charge in [0.2, 0.25) is 0 Å². The van der Waals surface area contributed by atoms with Gasteiger partial charge in [-0.1, -0.05) is 6.42 Å². The van der Waals surface area contributed by atoms with Crippen LogP contribution in [0.25, 0.3) is 0 Å². The Morgan fingerprint density at radius 1 is 1.35 bits per heavy atom. The van der Waals surface area contributed by atoms with E-state index in [2.05, 4.69) is 10.6 Å². The highest BCUT2D eigenvalue weighted by molar-refractivity contribution is 5.67. The van der Waals surface area contributed by atoms with E-state index in [0.717, 1.165) is 30.5 Å². The van der Waals surface area contributed by atoms with Gasteiger partial charge in [0.1, 0.15) is 11.4 Å². The first kappa shape index (κ1) is 17.6. The normalized spacial score (nSPS) is 21.1. The van der Waals surface area contributed by atoms with Crippen molar-refractivity contribution in [3.8, 4) is 0 Å². The summed E-state index contributed by atoms with van der Waals surface area (Å²) in [5.41, 5.74) is 1.37. The summed E-state index contributed by atoms with van der Waals surface area (Å²) in [6.45, 7) is 8.04. The van der Waals surface area contributed by atoms with Gasteiger partial charge in [-0.15, -0.1) is 0 Å². The second-order valence-electron chi connectivity index (χ2n) is 7.28. The zero-order chi connectivity index (χ0) is 17.0. The summed E-state index contributed by atoms with van der Waals surface area (Å²) < 4.78 is 18.5. The van der Waals surface area contributed by atoms with Crippen LogP contribution in [0.15, 0.2) is 18.2 Å². The average molecular weight is 322 g/mol. The van der Waals surface area contributed by atoms with Gasteiger partial charge in [0.05, 0.1) is 0 Å². The van der Waals surface area contributed by atoms with Gasteiger partial charge in [0, 0.05) is 18.3 Å². The van der Waals surface area contributed by atoms with Crippen LogP contribution in [0.5, 0.6) is 0 Å². The maximum absolute atomic E-state index is 13.2. The number of hydrogen-bond acceptors (Lipinski definition) is 3.